The zero-order chi connectivity index (χ0) is 11.0. The van der Waals surface area contributed by atoms with E-state index in [1.165, 1.54) is 17.3 Å². The lowest BCUT2D eigenvalue weighted by molar-refractivity contribution is 0.109. The van der Waals surface area contributed by atoms with Crippen LogP contribution in [0.15, 0.2) is 54.6 Å². The molecule has 0 saturated carbocycles. The quantitative estimate of drug-likeness (QED) is 0.738. The van der Waals surface area contributed by atoms with Crippen molar-refractivity contribution in [3.63, 3.8) is 0 Å². The molecule has 0 saturated heterocycles. The average molecular weight is 226 g/mol. The number of rotatable bonds is 1. The molecule has 0 aliphatic carbocycles. The summed E-state index contributed by atoms with van der Waals surface area (Å²) in [5.74, 6) is 0. The smallest absolute Gasteiger partial charge is 0.220 e. The lowest BCUT2D eigenvalue weighted by atomic mass is 10.0. The van der Waals surface area contributed by atoms with Gasteiger partial charge in [0.05, 0.1) is 5.25 Å². The highest BCUT2D eigenvalue weighted by Crippen LogP contribution is 2.45. The van der Waals surface area contributed by atoms with Gasteiger partial charge >= 0.3 is 0 Å². The Morgan fingerprint density at radius 2 is 1.56 bits per heavy atom. The molecule has 0 spiro atoms. The molecule has 16 heavy (non-hydrogen) atoms. The average Bonchev–Trinajstić information content (AvgIpc) is 2.69. The predicted molar refractivity (Wildman–Crippen MR) is 66.6 cm³/mol. The van der Waals surface area contributed by atoms with E-state index in [0.29, 0.717) is 0 Å². The van der Waals surface area contributed by atoms with Crippen LogP contribution in [0.2, 0.25) is 0 Å². The van der Waals surface area contributed by atoms with Crippen molar-refractivity contribution in [3.8, 4) is 0 Å². The number of thioether (sulfide) groups is 1. The van der Waals surface area contributed by atoms with Gasteiger partial charge in [-0.1, -0.05) is 66.4 Å². The molecular formula is C14H10OS. The molecule has 2 heteroatoms. The topological polar surface area (TPSA) is 17.1 Å². The second-order valence-electron chi connectivity index (χ2n) is 3.78. The fourth-order valence-electron chi connectivity index (χ4n) is 2.02. The Kier molecular flexibility index (Phi) is 2.29. The summed E-state index contributed by atoms with van der Waals surface area (Å²) < 4.78 is 0. The monoisotopic (exact) mass is 226 g/mol. The molecule has 1 aliphatic heterocycles. The summed E-state index contributed by atoms with van der Waals surface area (Å²) in [7, 11) is 0. The van der Waals surface area contributed by atoms with Gasteiger partial charge in [-0.15, -0.1) is 0 Å². The summed E-state index contributed by atoms with van der Waals surface area (Å²) >= 11 is 1.41. The Bertz CT molecular complexity index is 533. The van der Waals surface area contributed by atoms with Crippen LogP contribution >= 0.6 is 11.8 Å². The molecule has 0 fully saturated rings. The van der Waals surface area contributed by atoms with Gasteiger partial charge in [-0.05, 0) is 11.1 Å². The second-order valence-corrected chi connectivity index (χ2v) is 4.86. The Hall–Kier alpha value is -1.54. The number of carbonyl (C=O) groups is 1. The van der Waals surface area contributed by atoms with Crippen LogP contribution < -0.4 is 0 Å². The van der Waals surface area contributed by atoms with Crippen LogP contribution in [0.25, 0.3) is 0 Å². The lowest BCUT2D eigenvalue weighted by Gasteiger charge is -2.09. The van der Waals surface area contributed by atoms with Gasteiger partial charge in [-0.3, -0.25) is 4.79 Å². The van der Waals surface area contributed by atoms with Crippen LogP contribution in [-0.2, 0) is 0 Å². The maximum atomic E-state index is 11.8. The third kappa shape index (κ3) is 1.46. The molecule has 3 rings (SSSR count). The van der Waals surface area contributed by atoms with Gasteiger partial charge in [0.1, 0.15) is 0 Å². The molecule has 78 valence electrons. The van der Waals surface area contributed by atoms with Crippen molar-refractivity contribution in [2.75, 3.05) is 0 Å². The van der Waals surface area contributed by atoms with Crippen molar-refractivity contribution in [1.29, 1.82) is 0 Å². The van der Waals surface area contributed by atoms with Crippen molar-refractivity contribution < 1.29 is 4.79 Å². The van der Waals surface area contributed by atoms with Crippen LogP contribution in [0.4, 0.5) is 0 Å². The molecule has 1 aliphatic rings. The van der Waals surface area contributed by atoms with Gasteiger partial charge in [0.25, 0.3) is 0 Å². The second kappa shape index (κ2) is 3.80. The van der Waals surface area contributed by atoms with E-state index in [2.05, 4.69) is 12.1 Å². The molecule has 1 heterocycles. The third-order valence-electron chi connectivity index (χ3n) is 2.79. The Labute approximate surface area is 98.5 Å². The summed E-state index contributed by atoms with van der Waals surface area (Å²) in [6.07, 6.45) is 0. The highest BCUT2D eigenvalue weighted by atomic mass is 32.2. The van der Waals surface area contributed by atoms with Crippen LogP contribution in [0.5, 0.6) is 0 Å². The van der Waals surface area contributed by atoms with Crippen LogP contribution in [-0.4, -0.2) is 5.12 Å². The van der Waals surface area contributed by atoms with Gasteiger partial charge in [0, 0.05) is 5.56 Å². The number of carbonyl (C=O) groups excluding carboxylic acids is 1. The standard InChI is InChI=1S/C14H10OS/c15-14-12-9-5-4-8-11(12)13(16-14)10-6-2-1-3-7-10/h1-9,13H. The highest BCUT2D eigenvalue weighted by molar-refractivity contribution is 8.15. The van der Waals surface area contributed by atoms with E-state index in [0.717, 1.165) is 11.1 Å². The fraction of sp³-hybridized carbons (Fsp3) is 0.0714. The van der Waals surface area contributed by atoms with Gasteiger partial charge < -0.3 is 0 Å². The maximum absolute atomic E-state index is 11.8. The number of fused-ring (bicyclic) bond motifs is 1. The molecule has 1 atom stereocenters. The van der Waals surface area contributed by atoms with E-state index in [9.17, 15) is 4.79 Å². The number of benzene rings is 2. The summed E-state index contributed by atoms with van der Waals surface area (Å²) in [4.78, 5) is 11.8. The molecule has 0 aromatic heterocycles. The lowest BCUT2D eigenvalue weighted by Crippen LogP contribution is -1.91. The van der Waals surface area contributed by atoms with Crippen molar-refractivity contribution >= 4 is 16.9 Å². The summed E-state index contributed by atoms with van der Waals surface area (Å²) in [5.41, 5.74) is 3.20. The van der Waals surface area contributed by atoms with E-state index in [1.54, 1.807) is 0 Å². The Morgan fingerprint density at radius 3 is 2.38 bits per heavy atom. The zero-order valence-electron chi connectivity index (χ0n) is 8.59. The summed E-state index contributed by atoms with van der Waals surface area (Å²) in [5, 5.41) is 0.356. The zero-order valence-corrected chi connectivity index (χ0v) is 9.41. The van der Waals surface area contributed by atoms with Crippen molar-refractivity contribution in [1.82, 2.24) is 0 Å². The van der Waals surface area contributed by atoms with Gasteiger partial charge in [0.2, 0.25) is 5.12 Å². The molecule has 0 amide bonds. The number of hydrogen-bond donors (Lipinski definition) is 0. The normalized spacial score (nSPS) is 18.5. The van der Waals surface area contributed by atoms with E-state index >= 15 is 0 Å². The Balaban J connectivity index is 2.11. The molecule has 2 aromatic carbocycles. The Morgan fingerprint density at radius 1 is 0.875 bits per heavy atom. The van der Waals surface area contributed by atoms with Crippen LogP contribution in [0.3, 0.4) is 0 Å². The van der Waals surface area contributed by atoms with E-state index in [-0.39, 0.29) is 10.4 Å². The van der Waals surface area contributed by atoms with Crippen molar-refractivity contribution in [2.45, 2.75) is 5.25 Å². The third-order valence-corrected chi connectivity index (χ3v) is 3.99. The fourth-order valence-corrected chi connectivity index (χ4v) is 3.17. The molecule has 0 N–H and O–H groups in total. The molecule has 0 radical (unpaired) electrons. The van der Waals surface area contributed by atoms with E-state index in [4.69, 9.17) is 0 Å². The largest absolute Gasteiger partial charge is 0.282 e. The molecule has 1 nitrogen and oxygen atoms in total. The van der Waals surface area contributed by atoms with Gasteiger partial charge in [0.15, 0.2) is 0 Å². The molecule has 1 unspecified atom stereocenters. The first-order valence-electron chi connectivity index (χ1n) is 5.21. The van der Waals surface area contributed by atoms with Crippen molar-refractivity contribution in [3.05, 3.63) is 71.3 Å². The highest BCUT2D eigenvalue weighted by Gasteiger charge is 2.30. The van der Waals surface area contributed by atoms with Gasteiger partial charge in [-0.2, -0.15) is 0 Å². The number of hydrogen-bond acceptors (Lipinski definition) is 2. The van der Waals surface area contributed by atoms with Crippen molar-refractivity contribution in [2.24, 2.45) is 0 Å². The van der Waals surface area contributed by atoms with E-state index < -0.39 is 0 Å². The van der Waals surface area contributed by atoms with Crippen LogP contribution in [0.1, 0.15) is 26.7 Å². The maximum Gasteiger partial charge on any atom is 0.220 e. The van der Waals surface area contributed by atoms with Crippen LogP contribution in [0, 0.1) is 0 Å². The first-order chi connectivity index (χ1) is 7.86. The van der Waals surface area contributed by atoms with Gasteiger partial charge in [-0.25, -0.2) is 0 Å². The molecule has 2 aromatic rings. The molecular weight excluding hydrogens is 216 g/mol. The summed E-state index contributed by atoms with van der Waals surface area (Å²) in [6, 6.07) is 18.1. The molecule has 0 bridgehead atoms. The SMILES string of the molecule is O=C1SC(c2ccccc2)c2ccccc21. The minimum atomic E-state index is 0.171. The first kappa shape index (κ1) is 9.67. The minimum absolute atomic E-state index is 0.171. The minimum Gasteiger partial charge on any atom is -0.282 e. The summed E-state index contributed by atoms with van der Waals surface area (Å²) in [6.45, 7) is 0. The predicted octanol–water partition coefficient (Wildman–Crippen LogP) is 3.66. The first-order valence-corrected chi connectivity index (χ1v) is 6.09. The van der Waals surface area contributed by atoms with E-state index in [1.807, 2.05) is 42.5 Å².